The minimum absolute atomic E-state index is 0.982. The van der Waals surface area contributed by atoms with Crippen molar-refractivity contribution >= 4 is 14.9 Å². The predicted molar refractivity (Wildman–Crippen MR) is 60.2 cm³/mol. The van der Waals surface area contributed by atoms with Gasteiger partial charge in [0.05, 0.1) is 0 Å². The Hall–Kier alpha value is -0.603. The van der Waals surface area contributed by atoms with Crippen molar-refractivity contribution in [3.8, 4) is 0 Å². The second-order valence-electron chi connectivity index (χ2n) is 3.46. The zero-order valence-corrected chi connectivity index (χ0v) is 9.92. The lowest BCUT2D eigenvalue weighted by molar-refractivity contribution is 0.615. The van der Waals surface area contributed by atoms with Crippen molar-refractivity contribution in [2.75, 3.05) is 0 Å². The van der Waals surface area contributed by atoms with Crippen LogP contribution in [-0.4, -0.2) is 14.6 Å². The van der Waals surface area contributed by atoms with Crippen molar-refractivity contribution < 1.29 is 4.80 Å². The summed E-state index contributed by atoms with van der Waals surface area (Å²) in [6, 6.07) is 6.30. The Morgan fingerprint density at radius 3 is 2.77 bits per heavy atom. The summed E-state index contributed by atoms with van der Waals surface area (Å²) in [5.74, 6) is 0. The molecule has 0 aliphatic carbocycles. The molecular formula is C11H18OSi. The van der Waals surface area contributed by atoms with Gasteiger partial charge in [-0.15, -0.1) is 0 Å². The molecule has 0 aliphatic heterocycles. The maximum absolute atomic E-state index is 9.21. The van der Waals surface area contributed by atoms with E-state index >= 15 is 0 Å². The van der Waals surface area contributed by atoms with Crippen LogP contribution in [0.1, 0.15) is 30.9 Å². The Bertz CT molecular complexity index is 271. The lowest BCUT2D eigenvalue weighted by Crippen LogP contribution is -2.18. The molecule has 13 heavy (non-hydrogen) atoms. The fourth-order valence-electron chi connectivity index (χ4n) is 1.55. The number of aryl methyl sites for hydroxylation is 1. The van der Waals surface area contributed by atoms with Crippen molar-refractivity contribution in [3.05, 3.63) is 29.3 Å². The SMILES string of the molecule is CCCCc1cccc([SiH2]O)c1C. The molecular weight excluding hydrogens is 176 g/mol. The van der Waals surface area contributed by atoms with Gasteiger partial charge in [-0.25, -0.2) is 0 Å². The number of hydrogen-bond acceptors (Lipinski definition) is 1. The van der Waals surface area contributed by atoms with Crippen LogP contribution in [0.4, 0.5) is 0 Å². The molecule has 0 bridgehead atoms. The smallest absolute Gasteiger partial charge is 0.188 e. The van der Waals surface area contributed by atoms with Crippen LogP contribution in [0.5, 0.6) is 0 Å². The van der Waals surface area contributed by atoms with Crippen molar-refractivity contribution in [3.63, 3.8) is 0 Å². The molecule has 0 aliphatic rings. The molecule has 1 rings (SSSR count). The number of benzene rings is 1. The maximum Gasteiger partial charge on any atom is 0.188 e. The Morgan fingerprint density at radius 1 is 1.38 bits per heavy atom. The average Bonchev–Trinajstić information content (AvgIpc) is 2.16. The van der Waals surface area contributed by atoms with E-state index in [9.17, 15) is 4.80 Å². The van der Waals surface area contributed by atoms with Gasteiger partial charge in [-0.2, -0.15) is 0 Å². The van der Waals surface area contributed by atoms with E-state index in [4.69, 9.17) is 0 Å². The van der Waals surface area contributed by atoms with Gasteiger partial charge in [-0.05, 0) is 36.1 Å². The lowest BCUT2D eigenvalue weighted by atomic mass is 10.0. The first kappa shape index (κ1) is 10.5. The second kappa shape index (κ2) is 5.20. The lowest BCUT2D eigenvalue weighted by Gasteiger charge is -2.08. The highest BCUT2D eigenvalue weighted by Crippen LogP contribution is 2.08. The molecule has 0 saturated heterocycles. The van der Waals surface area contributed by atoms with Crippen LogP contribution in [0.2, 0.25) is 0 Å². The molecule has 0 saturated carbocycles. The van der Waals surface area contributed by atoms with Crippen LogP contribution in [0, 0.1) is 6.92 Å². The van der Waals surface area contributed by atoms with E-state index in [1.165, 1.54) is 29.2 Å². The normalized spacial score (nSPS) is 11.3. The van der Waals surface area contributed by atoms with E-state index in [0.717, 1.165) is 6.42 Å². The molecule has 0 heterocycles. The van der Waals surface area contributed by atoms with Crippen molar-refractivity contribution in [1.29, 1.82) is 0 Å². The van der Waals surface area contributed by atoms with E-state index < -0.39 is 9.76 Å². The molecule has 1 nitrogen and oxygen atoms in total. The van der Waals surface area contributed by atoms with Gasteiger partial charge in [0.2, 0.25) is 0 Å². The number of hydrogen-bond donors (Lipinski definition) is 1. The average molecular weight is 194 g/mol. The van der Waals surface area contributed by atoms with Gasteiger partial charge < -0.3 is 4.80 Å². The first-order valence-corrected chi connectivity index (χ1v) is 6.31. The summed E-state index contributed by atoms with van der Waals surface area (Å²) in [5.41, 5.74) is 2.74. The topological polar surface area (TPSA) is 20.2 Å². The fourth-order valence-corrected chi connectivity index (χ4v) is 2.25. The van der Waals surface area contributed by atoms with Gasteiger partial charge in [0.1, 0.15) is 0 Å². The number of unbranched alkanes of at least 4 members (excludes halogenated alkanes) is 1. The van der Waals surface area contributed by atoms with Crippen molar-refractivity contribution in [2.45, 2.75) is 33.1 Å². The molecule has 1 aromatic rings. The third-order valence-electron chi connectivity index (χ3n) is 2.53. The van der Waals surface area contributed by atoms with E-state index in [-0.39, 0.29) is 0 Å². The summed E-state index contributed by atoms with van der Waals surface area (Å²) >= 11 is 0. The summed E-state index contributed by atoms with van der Waals surface area (Å²) in [6.45, 7) is 4.34. The molecule has 0 fully saturated rings. The molecule has 0 aromatic heterocycles. The Labute approximate surface area is 82.7 Å². The Balaban J connectivity index is 2.81. The molecule has 0 radical (unpaired) electrons. The summed E-state index contributed by atoms with van der Waals surface area (Å²) in [6.07, 6.45) is 3.64. The van der Waals surface area contributed by atoms with Crippen LogP contribution >= 0.6 is 0 Å². The zero-order valence-electron chi connectivity index (χ0n) is 8.51. The second-order valence-corrected chi connectivity index (χ2v) is 4.54. The Morgan fingerprint density at radius 2 is 2.15 bits per heavy atom. The molecule has 0 atom stereocenters. The first-order chi connectivity index (χ1) is 6.29. The van der Waals surface area contributed by atoms with Crippen LogP contribution in [0.25, 0.3) is 0 Å². The molecule has 1 N–H and O–H groups in total. The van der Waals surface area contributed by atoms with E-state index in [1.54, 1.807) is 0 Å². The van der Waals surface area contributed by atoms with Crippen LogP contribution < -0.4 is 5.19 Å². The predicted octanol–water partition coefficient (Wildman–Crippen LogP) is 1.04. The maximum atomic E-state index is 9.21. The van der Waals surface area contributed by atoms with E-state index in [0.29, 0.717) is 0 Å². The Kier molecular flexibility index (Phi) is 4.19. The minimum atomic E-state index is -0.982. The molecule has 1 aromatic carbocycles. The van der Waals surface area contributed by atoms with Gasteiger partial charge in [0.15, 0.2) is 9.76 Å². The highest BCUT2D eigenvalue weighted by molar-refractivity contribution is 6.46. The third-order valence-corrected chi connectivity index (χ3v) is 3.63. The minimum Gasteiger partial charge on any atom is -0.433 e. The zero-order chi connectivity index (χ0) is 9.68. The monoisotopic (exact) mass is 194 g/mol. The largest absolute Gasteiger partial charge is 0.433 e. The van der Waals surface area contributed by atoms with Crippen LogP contribution in [0.15, 0.2) is 18.2 Å². The molecule has 0 unspecified atom stereocenters. The highest BCUT2D eigenvalue weighted by Gasteiger charge is 2.02. The summed E-state index contributed by atoms with van der Waals surface area (Å²) in [4.78, 5) is 9.21. The first-order valence-electron chi connectivity index (χ1n) is 4.97. The molecule has 72 valence electrons. The van der Waals surface area contributed by atoms with Gasteiger partial charge in [0.25, 0.3) is 0 Å². The fraction of sp³-hybridized carbons (Fsp3) is 0.455. The van der Waals surface area contributed by atoms with Crippen molar-refractivity contribution in [1.82, 2.24) is 0 Å². The van der Waals surface area contributed by atoms with Gasteiger partial charge in [-0.1, -0.05) is 31.5 Å². The van der Waals surface area contributed by atoms with E-state index in [1.807, 2.05) is 0 Å². The summed E-state index contributed by atoms with van der Waals surface area (Å²) in [7, 11) is -0.982. The standard InChI is InChI=1S/C11H18OSi/c1-3-4-6-10-7-5-8-11(13-12)9(10)2/h5,7-8,12H,3-4,6,13H2,1-2H3. The number of rotatable bonds is 4. The highest BCUT2D eigenvalue weighted by atomic mass is 28.2. The quantitative estimate of drug-likeness (QED) is 0.710. The third kappa shape index (κ3) is 2.67. The van der Waals surface area contributed by atoms with Crippen LogP contribution in [-0.2, 0) is 6.42 Å². The van der Waals surface area contributed by atoms with Crippen molar-refractivity contribution in [2.24, 2.45) is 0 Å². The molecule has 2 heteroatoms. The van der Waals surface area contributed by atoms with Gasteiger partial charge >= 0.3 is 0 Å². The van der Waals surface area contributed by atoms with E-state index in [2.05, 4.69) is 32.0 Å². The van der Waals surface area contributed by atoms with Crippen LogP contribution in [0.3, 0.4) is 0 Å². The molecule has 0 amide bonds. The van der Waals surface area contributed by atoms with Gasteiger partial charge in [-0.3, -0.25) is 0 Å². The summed E-state index contributed by atoms with van der Waals surface area (Å²) < 4.78 is 0. The van der Waals surface area contributed by atoms with Gasteiger partial charge in [0, 0.05) is 0 Å². The summed E-state index contributed by atoms with van der Waals surface area (Å²) in [5, 5.41) is 1.20. The molecule has 0 spiro atoms.